The summed E-state index contributed by atoms with van der Waals surface area (Å²) in [5.74, 6) is -1.18. The Labute approximate surface area is 111 Å². The largest absolute Gasteiger partial charge is 0.359 e. The highest BCUT2D eigenvalue weighted by molar-refractivity contribution is 7.80. The Morgan fingerprint density at radius 3 is 2.67 bits per heavy atom. The van der Waals surface area contributed by atoms with E-state index >= 15 is 0 Å². The van der Waals surface area contributed by atoms with Crippen LogP contribution in [0.1, 0.15) is 25.5 Å². The second-order valence-corrected chi connectivity index (χ2v) is 4.58. The van der Waals surface area contributed by atoms with Crippen LogP contribution in [-0.4, -0.2) is 11.7 Å². The zero-order chi connectivity index (χ0) is 13.7. The molecule has 98 valence electrons. The van der Waals surface area contributed by atoms with E-state index in [1.54, 1.807) is 6.92 Å². The van der Waals surface area contributed by atoms with Gasteiger partial charge in [0.1, 0.15) is 11.6 Å². The standard InChI is InChI=1S/C13H16F2N2S/c1-8(2)7-16-13(18)17-9(3)11-5-4-10(14)6-12(11)15/h4-6,9H,1,7H2,2-3H3,(H2,16,17,18)/t9-/m1/s1. The van der Waals surface area contributed by atoms with E-state index in [4.69, 9.17) is 12.2 Å². The van der Waals surface area contributed by atoms with E-state index in [-0.39, 0.29) is 6.04 Å². The van der Waals surface area contributed by atoms with Gasteiger partial charge in [0.2, 0.25) is 0 Å². The molecule has 0 fully saturated rings. The van der Waals surface area contributed by atoms with Gasteiger partial charge in [0.15, 0.2) is 5.11 Å². The Morgan fingerprint density at radius 2 is 2.11 bits per heavy atom. The van der Waals surface area contributed by atoms with Crippen LogP contribution in [0.15, 0.2) is 30.4 Å². The van der Waals surface area contributed by atoms with Crippen molar-refractivity contribution in [2.45, 2.75) is 19.9 Å². The van der Waals surface area contributed by atoms with Crippen LogP contribution in [0.4, 0.5) is 8.78 Å². The average Bonchev–Trinajstić information content (AvgIpc) is 2.26. The third kappa shape index (κ3) is 4.41. The fraction of sp³-hybridized carbons (Fsp3) is 0.308. The van der Waals surface area contributed by atoms with E-state index < -0.39 is 11.6 Å². The molecule has 0 unspecified atom stereocenters. The van der Waals surface area contributed by atoms with E-state index in [0.717, 1.165) is 11.6 Å². The molecule has 0 amide bonds. The number of thiocarbonyl (C=S) groups is 1. The maximum Gasteiger partial charge on any atom is 0.167 e. The van der Waals surface area contributed by atoms with Gasteiger partial charge in [-0.15, -0.1) is 0 Å². The molecule has 1 atom stereocenters. The van der Waals surface area contributed by atoms with Gasteiger partial charge in [-0.05, 0) is 32.1 Å². The monoisotopic (exact) mass is 270 g/mol. The number of nitrogens with one attached hydrogen (secondary N) is 2. The number of hydrogen-bond donors (Lipinski definition) is 2. The Morgan fingerprint density at radius 1 is 1.44 bits per heavy atom. The molecule has 0 aliphatic carbocycles. The van der Waals surface area contributed by atoms with Crippen LogP contribution in [0.3, 0.4) is 0 Å². The normalized spacial score (nSPS) is 11.8. The molecule has 0 aliphatic rings. The fourth-order valence-corrected chi connectivity index (χ4v) is 1.66. The molecule has 18 heavy (non-hydrogen) atoms. The Kier molecular flexibility index (Phi) is 5.22. The third-order valence-electron chi connectivity index (χ3n) is 2.33. The van der Waals surface area contributed by atoms with Gasteiger partial charge in [0.25, 0.3) is 0 Å². The number of hydrogen-bond acceptors (Lipinski definition) is 1. The quantitative estimate of drug-likeness (QED) is 0.649. The zero-order valence-corrected chi connectivity index (χ0v) is 11.2. The fourth-order valence-electron chi connectivity index (χ4n) is 1.41. The van der Waals surface area contributed by atoms with Crippen molar-refractivity contribution in [1.82, 2.24) is 10.6 Å². The van der Waals surface area contributed by atoms with Gasteiger partial charge >= 0.3 is 0 Å². The van der Waals surface area contributed by atoms with Crippen LogP contribution in [0.25, 0.3) is 0 Å². The van der Waals surface area contributed by atoms with Crippen LogP contribution < -0.4 is 10.6 Å². The summed E-state index contributed by atoms with van der Waals surface area (Å²) < 4.78 is 26.3. The van der Waals surface area contributed by atoms with Gasteiger partial charge in [0.05, 0.1) is 6.04 Å². The van der Waals surface area contributed by atoms with Crippen molar-refractivity contribution in [2.24, 2.45) is 0 Å². The Bertz CT molecular complexity index is 460. The lowest BCUT2D eigenvalue weighted by atomic mass is 10.1. The minimum Gasteiger partial charge on any atom is -0.359 e. The molecule has 1 aromatic carbocycles. The molecule has 2 nitrogen and oxygen atoms in total. The van der Waals surface area contributed by atoms with Gasteiger partial charge in [-0.1, -0.05) is 18.2 Å². The highest BCUT2D eigenvalue weighted by atomic mass is 32.1. The molecule has 0 heterocycles. The molecule has 0 bridgehead atoms. The number of benzene rings is 1. The summed E-state index contributed by atoms with van der Waals surface area (Å²) in [6.45, 7) is 7.93. The summed E-state index contributed by atoms with van der Waals surface area (Å²) in [7, 11) is 0. The first kappa shape index (κ1) is 14.6. The van der Waals surface area contributed by atoms with E-state index in [9.17, 15) is 8.78 Å². The molecule has 0 aliphatic heterocycles. The number of halogens is 2. The minimum atomic E-state index is -0.591. The highest BCUT2D eigenvalue weighted by Crippen LogP contribution is 2.17. The molecule has 0 saturated carbocycles. The van der Waals surface area contributed by atoms with Crippen LogP contribution in [0.5, 0.6) is 0 Å². The van der Waals surface area contributed by atoms with Crippen molar-refractivity contribution in [3.05, 3.63) is 47.5 Å². The molecule has 1 rings (SSSR count). The average molecular weight is 270 g/mol. The topological polar surface area (TPSA) is 24.1 Å². The molecule has 0 aromatic heterocycles. The first-order valence-electron chi connectivity index (χ1n) is 5.54. The SMILES string of the molecule is C=C(C)CNC(=S)N[C@H](C)c1ccc(F)cc1F. The van der Waals surface area contributed by atoms with Gasteiger partial charge in [-0.2, -0.15) is 0 Å². The van der Waals surface area contributed by atoms with Crippen LogP contribution in [0, 0.1) is 11.6 Å². The van der Waals surface area contributed by atoms with Crippen molar-refractivity contribution in [1.29, 1.82) is 0 Å². The van der Waals surface area contributed by atoms with E-state index in [0.29, 0.717) is 17.2 Å². The molecule has 0 radical (unpaired) electrons. The summed E-state index contributed by atoms with van der Waals surface area (Å²) in [6.07, 6.45) is 0. The Balaban J connectivity index is 2.62. The predicted octanol–water partition coefficient (Wildman–Crippen LogP) is 3.07. The lowest BCUT2D eigenvalue weighted by Gasteiger charge is -2.18. The molecular formula is C13H16F2N2S. The van der Waals surface area contributed by atoms with E-state index in [1.165, 1.54) is 12.1 Å². The minimum absolute atomic E-state index is 0.337. The summed E-state index contributed by atoms with van der Waals surface area (Å²) in [5, 5.41) is 6.28. The molecule has 0 saturated heterocycles. The highest BCUT2D eigenvalue weighted by Gasteiger charge is 2.12. The molecule has 2 N–H and O–H groups in total. The lowest BCUT2D eigenvalue weighted by molar-refractivity contribution is 0.552. The van der Waals surface area contributed by atoms with Crippen LogP contribution in [0.2, 0.25) is 0 Å². The van der Waals surface area contributed by atoms with Gasteiger partial charge in [-0.3, -0.25) is 0 Å². The smallest absolute Gasteiger partial charge is 0.167 e. The maximum absolute atomic E-state index is 13.5. The molecule has 5 heteroatoms. The summed E-state index contributed by atoms with van der Waals surface area (Å²) in [5.41, 5.74) is 1.32. The second kappa shape index (κ2) is 6.44. The predicted molar refractivity (Wildman–Crippen MR) is 73.3 cm³/mol. The van der Waals surface area contributed by atoms with Crippen LogP contribution >= 0.6 is 12.2 Å². The van der Waals surface area contributed by atoms with Crippen molar-refractivity contribution < 1.29 is 8.78 Å². The van der Waals surface area contributed by atoms with Gasteiger partial charge in [0, 0.05) is 18.2 Å². The zero-order valence-electron chi connectivity index (χ0n) is 10.4. The molecular weight excluding hydrogens is 254 g/mol. The van der Waals surface area contributed by atoms with Crippen molar-refractivity contribution in [3.63, 3.8) is 0 Å². The molecule has 0 spiro atoms. The van der Waals surface area contributed by atoms with E-state index in [2.05, 4.69) is 17.2 Å². The van der Waals surface area contributed by atoms with Gasteiger partial charge in [-0.25, -0.2) is 8.78 Å². The third-order valence-corrected chi connectivity index (χ3v) is 2.59. The molecule has 1 aromatic rings. The Hall–Kier alpha value is -1.49. The number of rotatable bonds is 4. The maximum atomic E-state index is 13.5. The lowest BCUT2D eigenvalue weighted by Crippen LogP contribution is -2.37. The first-order valence-corrected chi connectivity index (χ1v) is 5.94. The second-order valence-electron chi connectivity index (χ2n) is 4.17. The van der Waals surface area contributed by atoms with Crippen molar-refractivity contribution in [2.75, 3.05) is 6.54 Å². The van der Waals surface area contributed by atoms with Crippen LogP contribution in [-0.2, 0) is 0 Å². The summed E-state index contributed by atoms with van der Waals surface area (Å²) in [4.78, 5) is 0. The van der Waals surface area contributed by atoms with Crippen molar-refractivity contribution in [3.8, 4) is 0 Å². The van der Waals surface area contributed by atoms with Crippen molar-refractivity contribution >= 4 is 17.3 Å². The summed E-state index contributed by atoms with van der Waals surface area (Å²) >= 11 is 5.06. The first-order chi connectivity index (χ1) is 8.40. The summed E-state index contributed by atoms with van der Waals surface area (Å²) in [6, 6.07) is 3.15. The van der Waals surface area contributed by atoms with E-state index in [1.807, 2.05) is 6.92 Å². The van der Waals surface area contributed by atoms with Gasteiger partial charge < -0.3 is 10.6 Å².